The number of amides is 3. The molecule has 1 saturated heterocycles. The normalized spacial score (nSPS) is 19.7. The van der Waals surface area contributed by atoms with Gasteiger partial charge in [0, 0.05) is 0 Å². The number of methoxy groups -OCH3 is 1. The zero-order chi connectivity index (χ0) is 10.8. The van der Waals surface area contributed by atoms with E-state index in [0.717, 1.165) is 0 Å². The number of imide groups is 1. The lowest BCUT2D eigenvalue weighted by atomic mass is 10.1. The summed E-state index contributed by atoms with van der Waals surface area (Å²) in [4.78, 5) is 22.3. The predicted octanol–water partition coefficient (Wildman–Crippen LogP) is 0.576. The van der Waals surface area contributed by atoms with E-state index in [1.807, 2.05) is 0 Å². The summed E-state index contributed by atoms with van der Waals surface area (Å²) in [7, 11) is 1.55. The van der Waals surface area contributed by atoms with Gasteiger partial charge >= 0.3 is 6.03 Å². The van der Waals surface area contributed by atoms with Crippen molar-refractivity contribution in [2.24, 2.45) is 0 Å². The topological polar surface area (TPSA) is 67.4 Å². The summed E-state index contributed by atoms with van der Waals surface area (Å²) in [6.07, 6.45) is 0. The van der Waals surface area contributed by atoms with Crippen LogP contribution in [0.15, 0.2) is 24.3 Å². The number of nitrogens with one attached hydrogen (secondary N) is 2. The second-order valence-electron chi connectivity index (χ2n) is 3.17. The monoisotopic (exact) mass is 206 g/mol. The maximum absolute atomic E-state index is 11.3. The fraction of sp³-hybridized carbons (Fsp3) is 0.200. The van der Waals surface area contributed by atoms with Crippen LogP contribution in [0, 0.1) is 0 Å². The summed E-state index contributed by atoms with van der Waals surface area (Å²) in [5, 5.41) is 4.69. The standard InChI is InChI=1S/C10H10N2O3/c1-15-7-4-2-3-6(5-7)8-9(13)12-10(14)11-8/h2-5,8H,1H3,(H2,11,12,13,14)/t8-/m0/s1. The molecule has 0 aromatic heterocycles. The maximum Gasteiger partial charge on any atom is 0.322 e. The number of urea groups is 1. The molecule has 5 heteroatoms. The number of rotatable bonds is 2. The van der Waals surface area contributed by atoms with Crippen molar-refractivity contribution >= 4 is 11.9 Å². The SMILES string of the molecule is COc1cccc([C@@H]2NC(=O)NC2=O)c1. The Bertz CT molecular complexity index is 417. The summed E-state index contributed by atoms with van der Waals surface area (Å²) in [5.41, 5.74) is 0.706. The van der Waals surface area contributed by atoms with Crippen molar-refractivity contribution in [3.8, 4) is 5.75 Å². The number of benzene rings is 1. The van der Waals surface area contributed by atoms with Crippen LogP contribution in [0.3, 0.4) is 0 Å². The van der Waals surface area contributed by atoms with Crippen molar-refractivity contribution in [1.29, 1.82) is 0 Å². The maximum atomic E-state index is 11.3. The van der Waals surface area contributed by atoms with Gasteiger partial charge < -0.3 is 10.1 Å². The Morgan fingerprint density at radius 2 is 2.13 bits per heavy atom. The van der Waals surface area contributed by atoms with Crippen LogP contribution >= 0.6 is 0 Å². The van der Waals surface area contributed by atoms with Crippen LogP contribution in [-0.2, 0) is 4.79 Å². The third-order valence-electron chi connectivity index (χ3n) is 2.20. The molecule has 78 valence electrons. The molecule has 2 rings (SSSR count). The summed E-state index contributed by atoms with van der Waals surface area (Å²) in [6.45, 7) is 0. The molecule has 3 amide bonds. The van der Waals surface area contributed by atoms with Gasteiger partial charge in [-0.3, -0.25) is 10.1 Å². The Morgan fingerprint density at radius 3 is 2.73 bits per heavy atom. The minimum absolute atomic E-state index is 0.340. The molecule has 1 fully saturated rings. The van der Waals surface area contributed by atoms with Crippen molar-refractivity contribution in [3.63, 3.8) is 0 Å². The number of carbonyl (C=O) groups excluding carboxylic acids is 2. The van der Waals surface area contributed by atoms with Gasteiger partial charge in [0.1, 0.15) is 11.8 Å². The van der Waals surface area contributed by atoms with E-state index in [9.17, 15) is 9.59 Å². The lowest BCUT2D eigenvalue weighted by molar-refractivity contribution is -0.120. The molecule has 5 nitrogen and oxygen atoms in total. The molecule has 1 aliphatic heterocycles. The smallest absolute Gasteiger partial charge is 0.322 e. The van der Waals surface area contributed by atoms with E-state index in [2.05, 4.69) is 10.6 Å². The Kier molecular flexibility index (Phi) is 2.29. The number of carbonyl (C=O) groups is 2. The lowest BCUT2D eigenvalue weighted by Crippen LogP contribution is -2.22. The zero-order valence-corrected chi connectivity index (χ0v) is 8.11. The van der Waals surface area contributed by atoms with Crippen LogP contribution in [-0.4, -0.2) is 19.0 Å². The van der Waals surface area contributed by atoms with Gasteiger partial charge in [-0.25, -0.2) is 4.79 Å². The second kappa shape index (κ2) is 3.61. The van der Waals surface area contributed by atoms with E-state index in [1.165, 1.54) is 0 Å². The van der Waals surface area contributed by atoms with Crippen LogP contribution in [0.2, 0.25) is 0 Å². The van der Waals surface area contributed by atoms with Gasteiger partial charge in [0.05, 0.1) is 7.11 Å². The quantitative estimate of drug-likeness (QED) is 0.695. The molecule has 0 spiro atoms. The molecule has 15 heavy (non-hydrogen) atoms. The van der Waals surface area contributed by atoms with Crippen molar-refractivity contribution in [2.75, 3.05) is 7.11 Å². The molecule has 0 bridgehead atoms. The fourth-order valence-corrected chi connectivity index (χ4v) is 1.47. The van der Waals surface area contributed by atoms with Gasteiger partial charge in [0.15, 0.2) is 0 Å². The molecule has 1 heterocycles. The Hall–Kier alpha value is -2.04. The van der Waals surface area contributed by atoms with Crippen molar-refractivity contribution in [1.82, 2.24) is 10.6 Å². The van der Waals surface area contributed by atoms with E-state index in [-0.39, 0.29) is 5.91 Å². The second-order valence-corrected chi connectivity index (χ2v) is 3.17. The minimum atomic E-state index is -0.618. The summed E-state index contributed by atoms with van der Waals surface area (Å²) < 4.78 is 5.03. The third kappa shape index (κ3) is 1.76. The molecular formula is C10H10N2O3. The van der Waals surface area contributed by atoms with Crippen LogP contribution in [0.4, 0.5) is 4.79 Å². The van der Waals surface area contributed by atoms with Gasteiger partial charge in [0.2, 0.25) is 0 Å². The highest BCUT2D eigenvalue weighted by atomic mass is 16.5. The number of hydrogen-bond acceptors (Lipinski definition) is 3. The Labute approximate surface area is 86.4 Å². The average Bonchev–Trinajstić information content (AvgIpc) is 2.58. The van der Waals surface area contributed by atoms with Gasteiger partial charge in [-0.05, 0) is 17.7 Å². The molecule has 0 radical (unpaired) electrons. The highest BCUT2D eigenvalue weighted by molar-refractivity contribution is 6.04. The minimum Gasteiger partial charge on any atom is -0.497 e. The molecule has 1 aliphatic rings. The first-order valence-corrected chi connectivity index (χ1v) is 4.46. The average molecular weight is 206 g/mol. The summed E-state index contributed by atoms with van der Waals surface area (Å²) >= 11 is 0. The highest BCUT2D eigenvalue weighted by Gasteiger charge is 2.30. The molecule has 0 aliphatic carbocycles. The van der Waals surface area contributed by atoms with Gasteiger partial charge in [-0.2, -0.15) is 0 Å². The summed E-state index contributed by atoms with van der Waals surface area (Å²) in [6, 6.07) is 5.94. The first-order chi connectivity index (χ1) is 7.20. The van der Waals surface area contributed by atoms with Gasteiger partial charge in [-0.15, -0.1) is 0 Å². The van der Waals surface area contributed by atoms with Crippen molar-refractivity contribution in [2.45, 2.75) is 6.04 Å². The predicted molar refractivity (Wildman–Crippen MR) is 52.4 cm³/mol. The first-order valence-electron chi connectivity index (χ1n) is 4.46. The van der Waals surface area contributed by atoms with E-state index >= 15 is 0 Å². The molecule has 0 saturated carbocycles. The van der Waals surface area contributed by atoms with E-state index in [1.54, 1.807) is 31.4 Å². The molecule has 1 aromatic carbocycles. The van der Waals surface area contributed by atoms with Gasteiger partial charge in [-0.1, -0.05) is 12.1 Å². The van der Waals surface area contributed by atoms with Crippen molar-refractivity contribution < 1.29 is 14.3 Å². The molecule has 1 atom stereocenters. The summed E-state index contributed by atoms with van der Waals surface area (Å²) in [5.74, 6) is 0.315. The molecule has 0 unspecified atom stereocenters. The molecule has 1 aromatic rings. The van der Waals surface area contributed by atoms with Crippen molar-refractivity contribution in [3.05, 3.63) is 29.8 Å². The highest BCUT2D eigenvalue weighted by Crippen LogP contribution is 2.21. The lowest BCUT2D eigenvalue weighted by Gasteiger charge is -2.08. The number of ether oxygens (including phenoxy) is 1. The van der Waals surface area contributed by atoms with E-state index < -0.39 is 12.1 Å². The van der Waals surface area contributed by atoms with Crippen LogP contribution < -0.4 is 15.4 Å². The largest absolute Gasteiger partial charge is 0.497 e. The van der Waals surface area contributed by atoms with Crippen LogP contribution in [0.1, 0.15) is 11.6 Å². The Balaban J connectivity index is 2.29. The van der Waals surface area contributed by atoms with Crippen LogP contribution in [0.5, 0.6) is 5.75 Å². The zero-order valence-electron chi connectivity index (χ0n) is 8.11. The Morgan fingerprint density at radius 1 is 1.33 bits per heavy atom. The fourth-order valence-electron chi connectivity index (χ4n) is 1.47. The van der Waals surface area contributed by atoms with Crippen LogP contribution in [0.25, 0.3) is 0 Å². The van der Waals surface area contributed by atoms with Gasteiger partial charge in [0.25, 0.3) is 5.91 Å². The molecule has 2 N–H and O–H groups in total. The van der Waals surface area contributed by atoms with E-state index in [0.29, 0.717) is 11.3 Å². The molecular weight excluding hydrogens is 196 g/mol. The van der Waals surface area contributed by atoms with E-state index in [4.69, 9.17) is 4.74 Å². The first kappa shape index (κ1) is 9.51. The number of hydrogen-bond donors (Lipinski definition) is 2. The third-order valence-corrected chi connectivity index (χ3v) is 2.20.